The number of benzene rings is 2. The summed E-state index contributed by atoms with van der Waals surface area (Å²) in [6.45, 7) is 4.21. The molecule has 1 amide bonds. The first-order valence-electron chi connectivity index (χ1n) is 11.0. The second-order valence-electron chi connectivity index (χ2n) is 8.38. The molecule has 4 rings (SSSR count). The quantitative estimate of drug-likeness (QED) is 0.582. The van der Waals surface area contributed by atoms with E-state index in [0.29, 0.717) is 26.2 Å². The maximum Gasteiger partial charge on any atom is 0.224 e. The van der Waals surface area contributed by atoms with Gasteiger partial charge in [-0.05, 0) is 55.2 Å². The molecular formula is C26H31N3O2. The second-order valence-corrected chi connectivity index (χ2v) is 8.38. The molecule has 1 atom stereocenters. The monoisotopic (exact) mass is 417 g/mol. The molecule has 1 fully saturated rings. The lowest BCUT2D eigenvalue weighted by Gasteiger charge is -2.40. The van der Waals surface area contributed by atoms with E-state index in [4.69, 9.17) is 4.74 Å². The van der Waals surface area contributed by atoms with Gasteiger partial charge in [0.2, 0.25) is 5.91 Å². The third-order valence-corrected chi connectivity index (χ3v) is 6.10. The molecule has 1 saturated heterocycles. The Labute approximate surface area is 184 Å². The van der Waals surface area contributed by atoms with E-state index in [9.17, 15) is 4.79 Å². The number of aromatic nitrogens is 1. The molecular weight excluding hydrogens is 386 g/mol. The summed E-state index contributed by atoms with van der Waals surface area (Å²) in [6.07, 6.45) is 6.18. The van der Waals surface area contributed by atoms with Crippen LogP contribution < -0.4 is 10.6 Å². The summed E-state index contributed by atoms with van der Waals surface area (Å²) in [4.78, 5) is 12.7. The average Bonchev–Trinajstić information content (AvgIpc) is 3.35. The number of carbonyl (C=O) groups excluding carboxylic acids is 1. The Bertz CT molecular complexity index is 946. The van der Waals surface area contributed by atoms with E-state index in [0.717, 1.165) is 24.1 Å². The fourth-order valence-electron chi connectivity index (χ4n) is 4.23. The molecule has 31 heavy (non-hydrogen) atoms. The van der Waals surface area contributed by atoms with Gasteiger partial charge in [0.25, 0.3) is 0 Å². The number of nitrogens with zero attached hydrogens (tertiary/aromatic N) is 1. The molecule has 2 aromatic carbocycles. The van der Waals surface area contributed by atoms with Crippen molar-refractivity contribution < 1.29 is 9.53 Å². The minimum Gasteiger partial charge on any atom is -0.381 e. The van der Waals surface area contributed by atoms with E-state index >= 15 is 0 Å². The minimum atomic E-state index is -0.151. The molecule has 0 spiro atoms. The summed E-state index contributed by atoms with van der Waals surface area (Å²) in [5.41, 5.74) is 3.21. The molecule has 1 aliphatic rings. The van der Waals surface area contributed by atoms with Crippen molar-refractivity contribution in [2.75, 3.05) is 19.8 Å². The molecule has 0 aliphatic carbocycles. The van der Waals surface area contributed by atoms with Crippen LogP contribution in [0.25, 0.3) is 5.69 Å². The number of hydrogen-bond donors (Lipinski definition) is 2. The zero-order valence-electron chi connectivity index (χ0n) is 18.1. The summed E-state index contributed by atoms with van der Waals surface area (Å²) in [5, 5.41) is 6.97. The lowest BCUT2D eigenvalue weighted by molar-refractivity contribution is -0.121. The van der Waals surface area contributed by atoms with Crippen molar-refractivity contribution in [3.8, 4) is 5.69 Å². The fourth-order valence-corrected chi connectivity index (χ4v) is 4.23. The highest BCUT2D eigenvalue weighted by molar-refractivity contribution is 5.78. The van der Waals surface area contributed by atoms with Crippen LogP contribution in [-0.4, -0.2) is 35.8 Å². The van der Waals surface area contributed by atoms with Gasteiger partial charge in [-0.15, -0.1) is 0 Å². The van der Waals surface area contributed by atoms with E-state index in [2.05, 4.69) is 46.4 Å². The number of hydrogen-bond acceptors (Lipinski definition) is 3. The van der Waals surface area contributed by atoms with Crippen LogP contribution in [0.2, 0.25) is 0 Å². The highest BCUT2D eigenvalue weighted by Gasteiger charge is 2.34. The van der Waals surface area contributed by atoms with Crippen LogP contribution in [0.15, 0.2) is 79.1 Å². The van der Waals surface area contributed by atoms with Crippen molar-refractivity contribution in [3.63, 3.8) is 0 Å². The Morgan fingerprint density at radius 1 is 1.00 bits per heavy atom. The lowest BCUT2D eigenvalue weighted by atomic mass is 9.88. The first-order chi connectivity index (χ1) is 15.1. The second kappa shape index (κ2) is 9.94. The van der Waals surface area contributed by atoms with Crippen LogP contribution in [0.3, 0.4) is 0 Å². The van der Waals surface area contributed by atoms with Gasteiger partial charge in [-0.1, -0.05) is 42.5 Å². The highest BCUT2D eigenvalue weighted by atomic mass is 16.5. The molecule has 3 aromatic rings. The highest BCUT2D eigenvalue weighted by Crippen LogP contribution is 2.25. The number of rotatable bonds is 8. The number of amides is 1. The molecule has 162 valence electrons. The van der Waals surface area contributed by atoms with Gasteiger partial charge in [0.05, 0.1) is 6.42 Å². The topological polar surface area (TPSA) is 55.3 Å². The first-order valence-corrected chi connectivity index (χ1v) is 11.0. The van der Waals surface area contributed by atoms with Crippen LogP contribution in [-0.2, 0) is 16.0 Å². The molecule has 5 heteroatoms. The Morgan fingerprint density at radius 2 is 1.68 bits per heavy atom. The Balaban J connectivity index is 1.35. The van der Waals surface area contributed by atoms with E-state index in [1.54, 1.807) is 0 Å². The van der Waals surface area contributed by atoms with Crippen molar-refractivity contribution in [1.29, 1.82) is 0 Å². The Kier molecular flexibility index (Phi) is 6.85. The standard InChI is InChI=1S/C26H31N3O2/c1-21(23-7-3-2-4-8-23)28-26(13-17-31-18-14-26)20-27-25(30)19-22-9-11-24(12-10-22)29-15-5-6-16-29/h2-12,15-16,21,28H,13-14,17-20H2,1H3,(H,27,30). The normalized spacial score (nSPS) is 16.5. The number of carbonyl (C=O) groups is 1. The Morgan fingerprint density at radius 3 is 2.35 bits per heavy atom. The van der Waals surface area contributed by atoms with E-state index in [-0.39, 0.29) is 17.5 Å². The SMILES string of the molecule is CC(NC1(CNC(=O)Cc2ccc(-n3cccc3)cc2)CCOCC1)c1ccccc1. The fraction of sp³-hybridized carbons (Fsp3) is 0.346. The predicted octanol–water partition coefficient (Wildman–Crippen LogP) is 4.04. The summed E-state index contributed by atoms with van der Waals surface area (Å²) in [6, 6.07) is 22.8. The smallest absolute Gasteiger partial charge is 0.224 e. The minimum absolute atomic E-state index is 0.0498. The van der Waals surface area contributed by atoms with Crippen LogP contribution >= 0.6 is 0 Å². The van der Waals surface area contributed by atoms with E-state index in [1.165, 1.54) is 5.56 Å². The third kappa shape index (κ3) is 5.63. The van der Waals surface area contributed by atoms with Gasteiger partial charge >= 0.3 is 0 Å². The van der Waals surface area contributed by atoms with E-state index < -0.39 is 0 Å². The summed E-state index contributed by atoms with van der Waals surface area (Å²) >= 11 is 0. The third-order valence-electron chi connectivity index (χ3n) is 6.10. The maximum atomic E-state index is 12.7. The zero-order valence-corrected chi connectivity index (χ0v) is 18.1. The summed E-state index contributed by atoms with van der Waals surface area (Å²) in [7, 11) is 0. The molecule has 2 heterocycles. The molecule has 1 aliphatic heterocycles. The van der Waals surface area contributed by atoms with Crippen molar-refractivity contribution >= 4 is 5.91 Å². The molecule has 0 bridgehead atoms. The lowest BCUT2D eigenvalue weighted by Crippen LogP contribution is -2.57. The van der Waals surface area contributed by atoms with Gasteiger partial charge < -0.3 is 19.9 Å². The van der Waals surface area contributed by atoms with Crippen molar-refractivity contribution in [2.45, 2.75) is 37.8 Å². The maximum absolute atomic E-state index is 12.7. The van der Waals surface area contributed by atoms with Crippen LogP contribution in [0.5, 0.6) is 0 Å². The largest absolute Gasteiger partial charge is 0.381 e. The predicted molar refractivity (Wildman–Crippen MR) is 123 cm³/mol. The molecule has 1 aromatic heterocycles. The number of nitrogens with one attached hydrogen (secondary N) is 2. The van der Waals surface area contributed by atoms with Crippen molar-refractivity contribution in [3.05, 3.63) is 90.3 Å². The van der Waals surface area contributed by atoms with Crippen LogP contribution in [0, 0.1) is 0 Å². The summed E-state index contributed by atoms with van der Waals surface area (Å²) in [5.74, 6) is 0.0498. The first kappa shape index (κ1) is 21.3. The van der Waals surface area contributed by atoms with Crippen molar-refractivity contribution in [1.82, 2.24) is 15.2 Å². The van der Waals surface area contributed by atoms with Gasteiger partial charge in [-0.2, -0.15) is 0 Å². The van der Waals surface area contributed by atoms with Gasteiger partial charge in [0.1, 0.15) is 0 Å². The van der Waals surface area contributed by atoms with Gasteiger partial charge in [-0.3, -0.25) is 4.79 Å². The van der Waals surface area contributed by atoms with E-state index in [1.807, 2.05) is 54.9 Å². The molecule has 5 nitrogen and oxygen atoms in total. The molecule has 0 saturated carbocycles. The van der Waals surface area contributed by atoms with Gasteiger partial charge in [0, 0.05) is 49.4 Å². The Hall–Kier alpha value is -2.89. The summed E-state index contributed by atoms with van der Waals surface area (Å²) < 4.78 is 7.66. The van der Waals surface area contributed by atoms with Crippen LogP contribution in [0.4, 0.5) is 0 Å². The van der Waals surface area contributed by atoms with Gasteiger partial charge in [0.15, 0.2) is 0 Å². The van der Waals surface area contributed by atoms with Crippen molar-refractivity contribution in [2.24, 2.45) is 0 Å². The molecule has 1 unspecified atom stereocenters. The zero-order chi connectivity index (χ0) is 21.5. The van der Waals surface area contributed by atoms with Crippen LogP contribution in [0.1, 0.15) is 36.9 Å². The van der Waals surface area contributed by atoms with Gasteiger partial charge in [-0.25, -0.2) is 0 Å². The molecule has 2 N–H and O–H groups in total. The average molecular weight is 418 g/mol. The number of ether oxygens (including phenoxy) is 1. The molecule has 0 radical (unpaired) electrons.